The maximum atomic E-state index is 13.5. The first kappa shape index (κ1) is 21.8. The zero-order valence-electron chi connectivity index (χ0n) is 18.6. The van der Waals surface area contributed by atoms with Gasteiger partial charge in [-0.1, -0.05) is 18.2 Å². The van der Waals surface area contributed by atoms with E-state index in [0.29, 0.717) is 12.1 Å². The van der Waals surface area contributed by atoms with E-state index in [2.05, 4.69) is 13.0 Å². The van der Waals surface area contributed by atoms with E-state index in [1.54, 1.807) is 25.1 Å². The number of rotatable bonds is 6. The molecule has 2 aromatic carbocycles. The normalized spacial score (nSPS) is 15.0. The topological polar surface area (TPSA) is 51.5 Å². The maximum absolute atomic E-state index is 13.5. The Bertz CT molecular complexity index is 1150. The van der Waals surface area contributed by atoms with Crippen molar-refractivity contribution >= 4 is 17.6 Å². The molecule has 0 radical (unpaired) electrons. The molecule has 2 heterocycles. The molecule has 32 heavy (non-hydrogen) atoms. The number of hydrogen-bond acceptors (Lipinski definition) is 3. The van der Waals surface area contributed by atoms with Crippen molar-refractivity contribution in [2.24, 2.45) is 0 Å². The van der Waals surface area contributed by atoms with Crippen LogP contribution in [-0.4, -0.2) is 29.1 Å². The number of benzene rings is 2. The summed E-state index contributed by atoms with van der Waals surface area (Å²) in [5, 5.41) is 0. The van der Waals surface area contributed by atoms with Gasteiger partial charge in [0.15, 0.2) is 0 Å². The van der Waals surface area contributed by atoms with Crippen LogP contribution in [-0.2, 0) is 22.5 Å². The number of fused-ring (bicyclic) bond motifs is 1. The van der Waals surface area contributed by atoms with Gasteiger partial charge in [-0.05, 0) is 74.7 Å². The highest BCUT2D eigenvalue weighted by Crippen LogP contribution is 2.33. The summed E-state index contributed by atoms with van der Waals surface area (Å²) in [6, 6.07) is 16.0. The fraction of sp³-hybridized carbons (Fsp3) is 0.308. The molecule has 0 bridgehead atoms. The van der Waals surface area contributed by atoms with Gasteiger partial charge in [0.25, 0.3) is 0 Å². The minimum absolute atomic E-state index is 0.0401. The second-order valence-corrected chi connectivity index (χ2v) is 8.10. The summed E-state index contributed by atoms with van der Waals surface area (Å²) in [4.78, 5) is 27.6. The van der Waals surface area contributed by atoms with Gasteiger partial charge in [-0.2, -0.15) is 0 Å². The Morgan fingerprint density at radius 2 is 1.84 bits per heavy atom. The summed E-state index contributed by atoms with van der Waals surface area (Å²) in [6.45, 7) is 6.35. The Morgan fingerprint density at radius 1 is 1.12 bits per heavy atom. The van der Waals surface area contributed by atoms with E-state index in [1.807, 2.05) is 34.6 Å². The second kappa shape index (κ2) is 8.99. The summed E-state index contributed by atoms with van der Waals surface area (Å²) < 4.78 is 20.6. The number of hydrogen-bond donors (Lipinski definition) is 0. The van der Waals surface area contributed by atoms with Crippen LogP contribution in [0.1, 0.15) is 41.9 Å². The lowest BCUT2D eigenvalue weighted by atomic mass is 10.1. The van der Waals surface area contributed by atoms with Crippen LogP contribution in [0.4, 0.5) is 10.1 Å². The molecule has 4 rings (SSSR count). The number of nitrogens with zero attached hydrogens (tertiary/aromatic N) is 2. The van der Waals surface area contributed by atoms with Gasteiger partial charge in [0.1, 0.15) is 5.82 Å². The largest absolute Gasteiger partial charge is 0.462 e. The number of para-hydroxylation sites is 1. The molecule has 1 aromatic heterocycles. The van der Waals surface area contributed by atoms with Gasteiger partial charge in [-0.15, -0.1) is 0 Å². The first-order valence-electron chi connectivity index (χ1n) is 10.9. The zero-order chi connectivity index (χ0) is 22.8. The fourth-order valence-corrected chi connectivity index (χ4v) is 4.48. The lowest BCUT2D eigenvalue weighted by molar-refractivity contribution is -0.119. The minimum atomic E-state index is -0.402. The van der Waals surface area contributed by atoms with Crippen molar-refractivity contribution in [2.45, 2.75) is 46.2 Å². The Kier molecular flexibility index (Phi) is 6.12. The molecule has 1 aliphatic rings. The number of carbonyl (C=O) groups is 2. The number of ether oxygens (including phenoxy) is 1. The smallest absolute Gasteiger partial charge is 0.339 e. The summed E-state index contributed by atoms with van der Waals surface area (Å²) >= 11 is 0. The van der Waals surface area contributed by atoms with Crippen LogP contribution in [0.2, 0.25) is 0 Å². The number of carbonyl (C=O) groups excluding carboxylic acids is 2. The number of halogens is 1. The van der Waals surface area contributed by atoms with Crippen molar-refractivity contribution in [3.05, 3.63) is 77.2 Å². The summed E-state index contributed by atoms with van der Waals surface area (Å²) in [7, 11) is 0. The van der Waals surface area contributed by atoms with Crippen molar-refractivity contribution in [1.82, 2.24) is 4.57 Å². The first-order chi connectivity index (χ1) is 15.4. The quantitative estimate of drug-likeness (QED) is 0.505. The molecule has 1 atom stereocenters. The highest BCUT2D eigenvalue weighted by Gasteiger charge is 2.30. The third-order valence-corrected chi connectivity index (χ3v) is 6.03. The molecule has 1 aliphatic heterocycles. The molecule has 166 valence electrons. The molecular weight excluding hydrogens is 407 g/mol. The molecule has 0 fully saturated rings. The molecule has 5 nitrogen and oxygen atoms in total. The lowest BCUT2D eigenvalue weighted by Crippen LogP contribution is -2.36. The van der Waals surface area contributed by atoms with Crippen LogP contribution in [0.25, 0.3) is 11.3 Å². The van der Waals surface area contributed by atoms with E-state index >= 15 is 0 Å². The number of anilines is 1. The molecular formula is C26H27FN2O3. The Labute approximate surface area is 187 Å². The average molecular weight is 435 g/mol. The van der Waals surface area contributed by atoms with Crippen molar-refractivity contribution in [2.75, 3.05) is 11.5 Å². The van der Waals surface area contributed by atoms with E-state index in [0.717, 1.165) is 29.1 Å². The highest BCUT2D eigenvalue weighted by molar-refractivity contribution is 5.96. The van der Waals surface area contributed by atoms with Crippen LogP contribution in [0, 0.1) is 12.7 Å². The van der Waals surface area contributed by atoms with Crippen molar-refractivity contribution in [1.29, 1.82) is 0 Å². The van der Waals surface area contributed by atoms with Gasteiger partial charge in [-0.3, -0.25) is 4.79 Å². The monoisotopic (exact) mass is 434 g/mol. The molecule has 6 heteroatoms. The Balaban J connectivity index is 1.63. The number of aromatic nitrogens is 1. The highest BCUT2D eigenvalue weighted by atomic mass is 19.1. The zero-order valence-corrected chi connectivity index (χ0v) is 18.6. The molecule has 0 N–H and O–H groups in total. The van der Waals surface area contributed by atoms with Crippen LogP contribution in [0.5, 0.6) is 0 Å². The molecule has 1 amide bonds. The van der Waals surface area contributed by atoms with Crippen molar-refractivity contribution in [3.63, 3.8) is 0 Å². The lowest BCUT2D eigenvalue weighted by Gasteiger charge is -2.23. The fourth-order valence-electron chi connectivity index (χ4n) is 4.48. The van der Waals surface area contributed by atoms with Gasteiger partial charge >= 0.3 is 5.97 Å². The Morgan fingerprint density at radius 3 is 2.56 bits per heavy atom. The van der Waals surface area contributed by atoms with E-state index in [9.17, 15) is 14.0 Å². The number of esters is 1. The summed E-state index contributed by atoms with van der Waals surface area (Å²) in [5.41, 5.74) is 4.87. The van der Waals surface area contributed by atoms with Crippen LogP contribution < -0.4 is 4.90 Å². The Hall–Kier alpha value is -3.41. The molecule has 0 saturated heterocycles. The average Bonchev–Trinajstić information content (AvgIpc) is 3.29. The SMILES string of the molecule is CCOC(=O)c1cc(-c2ccc(F)cc2)n(CCC(=O)N2c3ccccc3CC2C)c1C. The third kappa shape index (κ3) is 4.05. The standard InChI is InChI=1S/C26H27FN2O3/c1-4-32-26(31)22-16-24(19-9-11-21(27)12-10-19)28(18(22)3)14-13-25(30)29-17(2)15-20-7-5-6-8-23(20)29/h5-12,16-17H,4,13-15H2,1-3H3. The number of amides is 1. The van der Waals surface area contributed by atoms with E-state index in [-0.39, 0.29) is 30.8 Å². The van der Waals surface area contributed by atoms with Crippen molar-refractivity contribution < 1.29 is 18.7 Å². The van der Waals surface area contributed by atoms with Gasteiger partial charge in [-0.25, -0.2) is 9.18 Å². The molecule has 0 aliphatic carbocycles. The maximum Gasteiger partial charge on any atom is 0.339 e. The van der Waals surface area contributed by atoms with E-state index < -0.39 is 5.97 Å². The van der Waals surface area contributed by atoms with Crippen molar-refractivity contribution in [3.8, 4) is 11.3 Å². The second-order valence-electron chi connectivity index (χ2n) is 8.10. The predicted octanol–water partition coefficient (Wildman–Crippen LogP) is 5.15. The first-order valence-corrected chi connectivity index (χ1v) is 10.9. The molecule has 0 saturated carbocycles. The summed E-state index contributed by atoms with van der Waals surface area (Å²) in [5.74, 6) is -0.690. The van der Waals surface area contributed by atoms with Crippen LogP contribution in [0.15, 0.2) is 54.6 Å². The molecule has 0 spiro atoms. The van der Waals surface area contributed by atoms with Gasteiger partial charge in [0.05, 0.1) is 12.2 Å². The molecule has 1 unspecified atom stereocenters. The van der Waals surface area contributed by atoms with Gasteiger partial charge in [0, 0.05) is 36.1 Å². The predicted molar refractivity (Wildman–Crippen MR) is 122 cm³/mol. The van der Waals surface area contributed by atoms with E-state index in [4.69, 9.17) is 4.74 Å². The van der Waals surface area contributed by atoms with Crippen LogP contribution in [0.3, 0.4) is 0 Å². The van der Waals surface area contributed by atoms with Gasteiger partial charge < -0.3 is 14.2 Å². The van der Waals surface area contributed by atoms with Crippen LogP contribution >= 0.6 is 0 Å². The summed E-state index contributed by atoms with van der Waals surface area (Å²) in [6.07, 6.45) is 1.13. The third-order valence-electron chi connectivity index (χ3n) is 6.03. The molecule has 3 aromatic rings. The van der Waals surface area contributed by atoms with E-state index in [1.165, 1.54) is 17.7 Å². The van der Waals surface area contributed by atoms with Gasteiger partial charge in [0.2, 0.25) is 5.91 Å². The minimum Gasteiger partial charge on any atom is -0.462 e.